The lowest BCUT2D eigenvalue weighted by molar-refractivity contribution is 0.0254. The predicted molar refractivity (Wildman–Crippen MR) is 63.7 cm³/mol. The van der Waals surface area contributed by atoms with Crippen molar-refractivity contribution in [1.82, 2.24) is 0 Å². The van der Waals surface area contributed by atoms with Gasteiger partial charge in [0.1, 0.15) is 12.4 Å². The van der Waals surface area contributed by atoms with Crippen molar-refractivity contribution in [1.29, 1.82) is 0 Å². The van der Waals surface area contributed by atoms with E-state index in [4.69, 9.17) is 20.3 Å². The molecule has 0 saturated carbocycles. The van der Waals surface area contributed by atoms with Crippen molar-refractivity contribution in [2.24, 2.45) is 0 Å². The smallest absolute Gasteiger partial charge is 0.341 e. The minimum Gasteiger partial charge on any atom is -0.460 e. The molecule has 0 atom stereocenters. The van der Waals surface area contributed by atoms with Gasteiger partial charge in [0, 0.05) is 5.69 Å². The van der Waals surface area contributed by atoms with Gasteiger partial charge in [0.15, 0.2) is 0 Å². The molecule has 18 heavy (non-hydrogen) atoms. The van der Waals surface area contributed by atoms with Crippen LogP contribution in [0.15, 0.2) is 12.1 Å². The predicted octanol–water partition coefficient (Wildman–Crippen LogP) is 0.882. The molecule has 0 aromatic heterocycles. The van der Waals surface area contributed by atoms with Crippen molar-refractivity contribution in [3.63, 3.8) is 0 Å². The Labute approximate surface area is 104 Å². The molecule has 0 fully saturated rings. The molecule has 0 heterocycles. The number of aliphatic hydroxyl groups excluding tert-OH is 1. The molecule has 0 amide bonds. The second-order valence-corrected chi connectivity index (χ2v) is 3.67. The first-order valence-electron chi connectivity index (χ1n) is 5.47. The molecule has 0 aliphatic heterocycles. The number of carbonyl (C=O) groups is 1. The monoisotopic (exact) mass is 257 g/mol. The number of benzene rings is 1. The zero-order chi connectivity index (χ0) is 13.5. The average molecular weight is 257 g/mol. The highest BCUT2D eigenvalue weighted by Gasteiger charge is 2.15. The number of aliphatic hydroxyl groups is 1. The highest BCUT2D eigenvalue weighted by atomic mass is 19.1. The van der Waals surface area contributed by atoms with E-state index in [1.165, 1.54) is 19.1 Å². The zero-order valence-electron chi connectivity index (χ0n) is 10.1. The summed E-state index contributed by atoms with van der Waals surface area (Å²) in [4.78, 5) is 11.6. The van der Waals surface area contributed by atoms with E-state index in [0.29, 0.717) is 11.3 Å². The normalized spacial score (nSPS) is 10.4. The van der Waals surface area contributed by atoms with Gasteiger partial charge in [-0.15, -0.1) is 0 Å². The zero-order valence-corrected chi connectivity index (χ0v) is 10.1. The maximum atomic E-state index is 13.6. The van der Waals surface area contributed by atoms with Gasteiger partial charge in [0.05, 0.1) is 25.4 Å². The molecule has 1 aromatic carbocycles. The largest absolute Gasteiger partial charge is 0.460 e. The van der Waals surface area contributed by atoms with Crippen LogP contribution in [0.25, 0.3) is 0 Å². The van der Waals surface area contributed by atoms with Crippen LogP contribution in [0.5, 0.6) is 0 Å². The fraction of sp³-hybridized carbons (Fsp3) is 0.417. The van der Waals surface area contributed by atoms with Crippen molar-refractivity contribution >= 4 is 11.7 Å². The van der Waals surface area contributed by atoms with Crippen molar-refractivity contribution in [2.75, 3.05) is 32.2 Å². The Morgan fingerprint density at radius 2 is 2.11 bits per heavy atom. The lowest BCUT2D eigenvalue weighted by Gasteiger charge is -2.08. The third kappa shape index (κ3) is 3.97. The summed E-state index contributed by atoms with van der Waals surface area (Å²) in [5, 5.41) is 8.45. The van der Waals surface area contributed by atoms with Gasteiger partial charge in [-0.2, -0.15) is 0 Å². The van der Waals surface area contributed by atoms with Gasteiger partial charge in [0.2, 0.25) is 0 Å². The van der Waals surface area contributed by atoms with Gasteiger partial charge in [-0.1, -0.05) is 0 Å². The molecule has 0 spiro atoms. The van der Waals surface area contributed by atoms with Crippen molar-refractivity contribution in [2.45, 2.75) is 6.92 Å². The number of rotatable bonds is 6. The van der Waals surface area contributed by atoms with E-state index in [1.54, 1.807) is 0 Å². The molecule has 6 heteroatoms. The van der Waals surface area contributed by atoms with Crippen molar-refractivity contribution in [3.05, 3.63) is 29.1 Å². The number of anilines is 1. The summed E-state index contributed by atoms with van der Waals surface area (Å²) in [6.07, 6.45) is 0. The van der Waals surface area contributed by atoms with Crippen LogP contribution in [0.4, 0.5) is 10.1 Å². The first-order chi connectivity index (χ1) is 8.56. The second kappa shape index (κ2) is 6.93. The van der Waals surface area contributed by atoms with E-state index in [9.17, 15) is 9.18 Å². The summed E-state index contributed by atoms with van der Waals surface area (Å²) in [5.41, 5.74) is 5.94. The van der Waals surface area contributed by atoms with Crippen LogP contribution in [-0.2, 0) is 9.47 Å². The molecule has 0 radical (unpaired) electrons. The van der Waals surface area contributed by atoms with E-state index in [-0.39, 0.29) is 32.0 Å². The summed E-state index contributed by atoms with van der Waals surface area (Å²) >= 11 is 0. The Balaban J connectivity index is 2.56. The lowest BCUT2D eigenvalue weighted by Crippen LogP contribution is -2.14. The Morgan fingerprint density at radius 3 is 2.78 bits per heavy atom. The number of halogens is 1. The van der Waals surface area contributed by atoms with E-state index in [1.807, 2.05) is 0 Å². The van der Waals surface area contributed by atoms with Crippen LogP contribution in [0.2, 0.25) is 0 Å². The standard InChI is InChI=1S/C12H16FNO4/c1-8-6-9(14)7-10(11(8)13)12(16)18-5-4-17-3-2-15/h6-7,15H,2-5,14H2,1H3. The highest BCUT2D eigenvalue weighted by Crippen LogP contribution is 2.17. The topological polar surface area (TPSA) is 81.8 Å². The van der Waals surface area contributed by atoms with Gasteiger partial charge in [-0.25, -0.2) is 9.18 Å². The van der Waals surface area contributed by atoms with Crippen LogP contribution in [0.1, 0.15) is 15.9 Å². The molecule has 1 aromatic rings. The number of ether oxygens (including phenoxy) is 2. The highest BCUT2D eigenvalue weighted by molar-refractivity contribution is 5.91. The third-order valence-electron chi connectivity index (χ3n) is 2.19. The van der Waals surface area contributed by atoms with Gasteiger partial charge in [-0.05, 0) is 24.6 Å². The van der Waals surface area contributed by atoms with Crippen molar-refractivity contribution in [3.8, 4) is 0 Å². The first kappa shape index (κ1) is 14.4. The minimum atomic E-state index is -0.782. The molecule has 0 saturated heterocycles. The van der Waals surface area contributed by atoms with Gasteiger partial charge in [0.25, 0.3) is 0 Å². The fourth-order valence-electron chi connectivity index (χ4n) is 1.38. The van der Waals surface area contributed by atoms with Crippen LogP contribution in [0.3, 0.4) is 0 Å². The first-order valence-corrected chi connectivity index (χ1v) is 5.47. The summed E-state index contributed by atoms with van der Waals surface area (Å²) in [6, 6.07) is 2.68. The Bertz CT molecular complexity index is 423. The lowest BCUT2D eigenvalue weighted by atomic mass is 10.1. The van der Waals surface area contributed by atoms with E-state index in [2.05, 4.69) is 0 Å². The fourth-order valence-corrected chi connectivity index (χ4v) is 1.38. The van der Waals surface area contributed by atoms with Crippen molar-refractivity contribution < 1.29 is 23.8 Å². The maximum Gasteiger partial charge on any atom is 0.341 e. The average Bonchev–Trinajstić information content (AvgIpc) is 2.33. The third-order valence-corrected chi connectivity index (χ3v) is 2.19. The quantitative estimate of drug-likeness (QED) is 0.449. The minimum absolute atomic E-state index is 0.00782. The Kier molecular flexibility index (Phi) is 5.54. The molecule has 0 bridgehead atoms. The number of aryl methyl sites for hydroxylation is 1. The number of hydrogen-bond acceptors (Lipinski definition) is 5. The number of nitrogens with two attached hydrogens (primary N) is 1. The van der Waals surface area contributed by atoms with E-state index < -0.39 is 11.8 Å². The van der Waals surface area contributed by atoms with Crippen LogP contribution >= 0.6 is 0 Å². The molecule has 0 aliphatic rings. The number of carbonyl (C=O) groups excluding carboxylic acids is 1. The molecule has 0 unspecified atom stereocenters. The molecule has 3 N–H and O–H groups in total. The second-order valence-electron chi connectivity index (χ2n) is 3.67. The molecule has 1 rings (SSSR count). The molecular weight excluding hydrogens is 241 g/mol. The molecule has 100 valence electrons. The SMILES string of the molecule is Cc1cc(N)cc(C(=O)OCCOCCO)c1F. The summed E-state index contributed by atoms with van der Waals surface area (Å²) < 4.78 is 23.4. The summed E-state index contributed by atoms with van der Waals surface area (Å²) in [5.74, 6) is -1.42. The summed E-state index contributed by atoms with van der Waals surface area (Å²) in [6.45, 7) is 1.73. The molecule has 5 nitrogen and oxygen atoms in total. The number of nitrogen functional groups attached to an aromatic ring is 1. The number of hydrogen-bond donors (Lipinski definition) is 2. The van der Waals surface area contributed by atoms with Gasteiger partial charge >= 0.3 is 5.97 Å². The molecular formula is C12H16FNO4. The van der Waals surface area contributed by atoms with E-state index >= 15 is 0 Å². The van der Waals surface area contributed by atoms with Gasteiger partial charge in [-0.3, -0.25) is 0 Å². The Morgan fingerprint density at radius 1 is 1.39 bits per heavy atom. The molecule has 0 aliphatic carbocycles. The van der Waals surface area contributed by atoms with E-state index in [0.717, 1.165) is 0 Å². The van der Waals surface area contributed by atoms with Crippen LogP contribution in [-0.4, -0.2) is 37.5 Å². The maximum absolute atomic E-state index is 13.6. The van der Waals surface area contributed by atoms with Gasteiger partial charge < -0.3 is 20.3 Å². The number of esters is 1. The Hall–Kier alpha value is -1.66. The summed E-state index contributed by atoms with van der Waals surface area (Å²) in [7, 11) is 0. The van der Waals surface area contributed by atoms with Crippen LogP contribution in [0, 0.1) is 12.7 Å². The van der Waals surface area contributed by atoms with Crippen LogP contribution < -0.4 is 5.73 Å².